The highest BCUT2D eigenvalue weighted by Gasteiger charge is 2.28. The first-order chi connectivity index (χ1) is 15.7. The fraction of sp³-hybridized carbons (Fsp3) is 0.240. The van der Waals surface area contributed by atoms with Crippen molar-refractivity contribution in [2.24, 2.45) is 0 Å². The maximum absolute atomic E-state index is 12.9. The lowest BCUT2D eigenvalue weighted by atomic mass is 10.1. The van der Waals surface area contributed by atoms with Crippen LogP contribution in [0, 0.1) is 6.92 Å². The monoisotopic (exact) mass is 443 g/mol. The van der Waals surface area contributed by atoms with Gasteiger partial charge in [-0.1, -0.05) is 17.7 Å². The Hall–Kier alpha value is -3.45. The third kappa shape index (κ3) is 4.29. The predicted octanol–water partition coefficient (Wildman–Crippen LogP) is 5.29. The van der Waals surface area contributed by atoms with E-state index in [1.165, 1.54) is 22.6 Å². The normalized spacial score (nSPS) is 15.8. The number of nitrogens with zero attached hydrogens (tertiary/aromatic N) is 4. The molecule has 5 rings (SSSR count). The molecule has 0 bridgehead atoms. The largest absolute Gasteiger partial charge is 0.363 e. The van der Waals surface area contributed by atoms with Gasteiger partial charge in [-0.25, -0.2) is 4.98 Å². The van der Waals surface area contributed by atoms with E-state index >= 15 is 0 Å². The number of thiazole rings is 1. The van der Waals surface area contributed by atoms with Gasteiger partial charge in [0.2, 0.25) is 0 Å². The van der Waals surface area contributed by atoms with Gasteiger partial charge < -0.3 is 9.47 Å². The Bertz CT molecular complexity index is 1200. The number of rotatable bonds is 6. The number of nitrogens with one attached hydrogen (secondary N) is 1. The van der Waals surface area contributed by atoms with E-state index in [1.54, 1.807) is 12.4 Å². The molecule has 7 heteroatoms. The van der Waals surface area contributed by atoms with Crippen LogP contribution in [0.2, 0.25) is 0 Å². The number of benzene rings is 1. The Kier molecular flexibility index (Phi) is 5.73. The van der Waals surface area contributed by atoms with E-state index in [4.69, 9.17) is 4.98 Å². The van der Waals surface area contributed by atoms with Crippen LogP contribution in [0.5, 0.6) is 0 Å². The van der Waals surface area contributed by atoms with Gasteiger partial charge in [-0.3, -0.25) is 15.1 Å². The molecule has 0 aliphatic carbocycles. The van der Waals surface area contributed by atoms with Crippen LogP contribution in [-0.2, 0) is 6.54 Å². The summed E-state index contributed by atoms with van der Waals surface area (Å²) in [6.07, 6.45) is 7.65. The fourth-order valence-corrected chi connectivity index (χ4v) is 4.97. The first-order valence-electron chi connectivity index (χ1n) is 10.8. The number of anilines is 2. The molecule has 1 aliphatic rings. The smallest absolute Gasteiger partial charge is 0.274 e. The standard InChI is InChI=1S/C25H25N5OS/c1-18-6-8-20(9-7-18)30-15-3-4-22(30)21-17-32-25(27-21)28-24(31)23-5-2-14-29(23)16-19-10-12-26-13-11-19/h2,5-14,17,22H,3-4,15-16H2,1H3,(H,27,28,31)/t22-/m1/s1. The summed E-state index contributed by atoms with van der Waals surface area (Å²) < 4.78 is 1.94. The zero-order valence-corrected chi connectivity index (χ0v) is 18.8. The van der Waals surface area contributed by atoms with Crippen LogP contribution in [0.25, 0.3) is 0 Å². The summed E-state index contributed by atoms with van der Waals surface area (Å²) in [4.78, 5) is 24.2. The highest BCUT2D eigenvalue weighted by atomic mass is 32.1. The third-order valence-electron chi connectivity index (χ3n) is 5.87. The summed E-state index contributed by atoms with van der Waals surface area (Å²) in [6, 6.07) is 16.5. The van der Waals surface area contributed by atoms with Crippen LogP contribution in [0.4, 0.5) is 10.8 Å². The molecule has 0 saturated carbocycles. The first kappa shape index (κ1) is 20.5. The minimum atomic E-state index is -0.147. The predicted molar refractivity (Wildman–Crippen MR) is 128 cm³/mol. The third-order valence-corrected chi connectivity index (χ3v) is 6.64. The molecular formula is C25H25N5OS. The minimum absolute atomic E-state index is 0.147. The van der Waals surface area contributed by atoms with Crippen molar-refractivity contribution in [3.05, 3.63) is 95.0 Å². The van der Waals surface area contributed by atoms with E-state index in [1.807, 2.05) is 35.0 Å². The summed E-state index contributed by atoms with van der Waals surface area (Å²) in [7, 11) is 0. The Morgan fingerprint density at radius 1 is 1.16 bits per heavy atom. The van der Waals surface area contributed by atoms with E-state index in [-0.39, 0.29) is 11.9 Å². The number of hydrogen-bond acceptors (Lipinski definition) is 5. The topological polar surface area (TPSA) is 63.1 Å². The van der Waals surface area contributed by atoms with Gasteiger partial charge in [0.1, 0.15) is 5.69 Å². The second kappa shape index (κ2) is 8.96. The van der Waals surface area contributed by atoms with Crippen molar-refractivity contribution >= 4 is 28.1 Å². The van der Waals surface area contributed by atoms with Crippen LogP contribution in [0.15, 0.2) is 72.5 Å². The summed E-state index contributed by atoms with van der Waals surface area (Å²) in [5, 5.41) is 5.70. The number of hydrogen-bond donors (Lipinski definition) is 1. The van der Waals surface area contributed by atoms with E-state index < -0.39 is 0 Å². The van der Waals surface area contributed by atoms with Crippen molar-refractivity contribution in [2.75, 3.05) is 16.8 Å². The van der Waals surface area contributed by atoms with Gasteiger partial charge in [0.05, 0.1) is 11.7 Å². The molecule has 1 N–H and O–H groups in total. The molecule has 4 heterocycles. The maximum atomic E-state index is 12.9. The molecule has 1 atom stereocenters. The zero-order chi connectivity index (χ0) is 21.9. The Morgan fingerprint density at radius 2 is 1.97 bits per heavy atom. The first-order valence-corrected chi connectivity index (χ1v) is 11.7. The molecule has 1 aromatic carbocycles. The molecule has 1 aliphatic heterocycles. The fourth-order valence-electron chi connectivity index (χ4n) is 4.22. The Morgan fingerprint density at radius 3 is 2.78 bits per heavy atom. The number of carbonyl (C=O) groups is 1. The molecule has 6 nitrogen and oxygen atoms in total. The van der Waals surface area contributed by atoms with Crippen LogP contribution in [-0.4, -0.2) is 27.0 Å². The molecule has 1 amide bonds. The van der Waals surface area contributed by atoms with Gasteiger partial charge in [0, 0.05) is 42.7 Å². The van der Waals surface area contributed by atoms with Crippen LogP contribution < -0.4 is 10.2 Å². The molecule has 3 aromatic heterocycles. The number of aryl methyl sites for hydroxylation is 1. The quantitative estimate of drug-likeness (QED) is 0.440. The molecule has 0 spiro atoms. The minimum Gasteiger partial charge on any atom is -0.363 e. The van der Waals surface area contributed by atoms with Crippen LogP contribution in [0.3, 0.4) is 0 Å². The molecule has 0 unspecified atom stereocenters. The van der Waals surface area contributed by atoms with Crippen LogP contribution >= 0.6 is 11.3 Å². The van der Waals surface area contributed by atoms with Crippen molar-refractivity contribution in [3.63, 3.8) is 0 Å². The number of amides is 1. The molecule has 0 radical (unpaired) electrons. The van der Waals surface area contributed by atoms with E-state index in [0.717, 1.165) is 30.6 Å². The van der Waals surface area contributed by atoms with Gasteiger partial charge in [-0.2, -0.15) is 0 Å². The van der Waals surface area contributed by atoms with Gasteiger partial charge in [-0.05, 0) is 61.7 Å². The van der Waals surface area contributed by atoms with E-state index in [9.17, 15) is 4.79 Å². The SMILES string of the molecule is Cc1ccc(N2CCC[C@@H]2c2csc(NC(=O)c3cccn3Cc3ccncc3)n2)cc1. The summed E-state index contributed by atoms with van der Waals surface area (Å²) in [5.74, 6) is -0.147. The lowest BCUT2D eigenvalue weighted by Crippen LogP contribution is -2.23. The molecule has 162 valence electrons. The Balaban J connectivity index is 1.29. The van der Waals surface area contributed by atoms with Crippen molar-refractivity contribution in [1.82, 2.24) is 14.5 Å². The zero-order valence-electron chi connectivity index (χ0n) is 17.9. The summed E-state index contributed by atoms with van der Waals surface area (Å²) in [6.45, 7) is 3.75. The van der Waals surface area contributed by atoms with Crippen molar-refractivity contribution in [3.8, 4) is 0 Å². The maximum Gasteiger partial charge on any atom is 0.274 e. The number of pyridine rings is 1. The van der Waals surface area contributed by atoms with Gasteiger partial charge in [-0.15, -0.1) is 11.3 Å². The van der Waals surface area contributed by atoms with Crippen molar-refractivity contribution in [1.29, 1.82) is 0 Å². The van der Waals surface area contributed by atoms with Crippen molar-refractivity contribution < 1.29 is 4.79 Å². The van der Waals surface area contributed by atoms with Crippen molar-refractivity contribution in [2.45, 2.75) is 32.4 Å². The number of aromatic nitrogens is 3. The molecule has 32 heavy (non-hydrogen) atoms. The van der Waals surface area contributed by atoms with Crippen LogP contribution in [0.1, 0.15) is 46.2 Å². The summed E-state index contributed by atoms with van der Waals surface area (Å²) in [5.41, 5.74) is 5.22. The molecule has 4 aromatic rings. The Labute approximate surface area is 191 Å². The van der Waals surface area contributed by atoms with E-state index in [0.29, 0.717) is 17.4 Å². The lowest BCUT2D eigenvalue weighted by molar-refractivity contribution is 0.101. The average molecular weight is 444 g/mol. The molecular weight excluding hydrogens is 418 g/mol. The molecule has 1 saturated heterocycles. The van der Waals surface area contributed by atoms with Gasteiger partial charge in [0.25, 0.3) is 5.91 Å². The highest BCUT2D eigenvalue weighted by Crippen LogP contribution is 2.37. The average Bonchev–Trinajstić information content (AvgIpc) is 3.55. The highest BCUT2D eigenvalue weighted by molar-refractivity contribution is 7.14. The van der Waals surface area contributed by atoms with E-state index in [2.05, 4.69) is 51.8 Å². The second-order valence-corrected chi connectivity index (χ2v) is 8.95. The molecule has 1 fully saturated rings. The summed E-state index contributed by atoms with van der Waals surface area (Å²) >= 11 is 1.48. The number of carbonyl (C=O) groups excluding carboxylic acids is 1. The second-order valence-electron chi connectivity index (χ2n) is 8.10. The van der Waals surface area contributed by atoms with Gasteiger partial charge >= 0.3 is 0 Å². The lowest BCUT2D eigenvalue weighted by Gasteiger charge is -2.25. The van der Waals surface area contributed by atoms with Gasteiger partial charge in [0.15, 0.2) is 5.13 Å².